The Morgan fingerprint density at radius 3 is 1.26 bits per heavy atom. The maximum absolute atomic E-state index is 11.7. The van der Waals surface area contributed by atoms with Gasteiger partial charge in [-0.3, -0.25) is 0 Å². The Morgan fingerprint density at radius 1 is 0.619 bits per heavy atom. The van der Waals surface area contributed by atoms with Crippen molar-refractivity contribution in [1.82, 2.24) is 0 Å². The van der Waals surface area contributed by atoms with Crippen molar-refractivity contribution in [3.8, 4) is 11.5 Å². The zero-order valence-corrected chi connectivity index (χ0v) is 26.6. The molecule has 232 valence electrons. The van der Waals surface area contributed by atoms with E-state index in [0.717, 1.165) is 48.3 Å². The van der Waals surface area contributed by atoms with Gasteiger partial charge >= 0.3 is 11.9 Å². The van der Waals surface area contributed by atoms with Crippen molar-refractivity contribution in [2.45, 2.75) is 79.1 Å². The molecule has 0 N–H and O–H groups in total. The molecule has 42 heavy (non-hydrogen) atoms. The molecule has 0 aliphatic rings. The number of carbonyl (C=O) groups excluding carboxylic acids is 2. The summed E-state index contributed by atoms with van der Waals surface area (Å²) < 4.78 is 20.8. The molecule has 2 aromatic rings. The lowest BCUT2D eigenvalue weighted by Crippen LogP contribution is -2.12. The standard InChI is InChI=1S/2C18H26O3/c2*1-4-6-7-15(5-2)14-21-18(19)13-10-16-8-11-17(20-3)12-9-16/h2*8-13,15H,4-7,14H2,1-3H3/b2*13-10+. The number of esters is 2. The number of methoxy groups -OCH3 is 2. The first-order valence-corrected chi connectivity index (χ1v) is 15.4. The zero-order chi connectivity index (χ0) is 31.0. The summed E-state index contributed by atoms with van der Waals surface area (Å²) in [4.78, 5) is 23.4. The molecule has 2 rings (SSSR count). The molecular weight excluding hydrogens is 528 g/mol. The van der Waals surface area contributed by atoms with Crippen LogP contribution >= 0.6 is 0 Å². The molecule has 0 aromatic heterocycles. The van der Waals surface area contributed by atoms with Crippen LogP contribution in [-0.4, -0.2) is 39.4 Å². The number of ether oxygens (including phenoxy) is 4. The number of unbranched alkanes of at least 4 members (excludes halogenated alkanes) is 2. The van der Waals surface area contributed by atoms with Gasteiger partial charge < -0.3 is 18.9 Å². The Balaban J connectivity index is 0.000000420. The predicted octanol–water partition coefficient (Wildman–Crippen LogP) is 8.94. The molecule has 0 saturated heterocycles. The van der Waals surface area contributed by atoms with Crippen molar-refractivity contribution in [3.63, 3.8) is 0 Å². The summed E-state index contributed by atoms with van der Waals surface area (Å²) in [5.74, 6) is 2.00. The highest BCUT2D eigenvalue weighted by Gasteiger charge is 2.09. The summed E-state index contributed by atoms with van der Waals surface area (Å²) >= 11 is 0. The van der Waals surface area contributed by atoms with Crippen molar-refractivity contribution < 1.29 is 28.5 Å². The Kier molecular flexibility index (Phi) is 20.0. The van der Waals surface area contributed by atoms with Gasteiger partial charge in [-0.1, -0.05) is 90.5 Å². The summed E-state index contributed by atoms with van der Waals surface area (Å²) in [5.41, 5.74) is 1.90. The van der Waals surface area contributed by atoms with Gasteiger partial charge in [-0.25, -0.2) is 9.59 Å². The van der Waals surface area contributed by atoms with Crippen LogP contribution in [0.2, 0.25) is 0 Å². The Labute approximate surface area is 254 Å². The second-order valence-corrected chi connectivity index (χ2v) is 10.3. The minimum absolute atomic E-state index is 0.277. The molecule has 2 atom stereocenters. The summed E-state index contributed by atoms with van der Waals surface area (Å²) in [6.45, 7) is 9.67. The van der Waals surface area contributed by atoms with Crippen molar-refractivity contribution >= 4 is 24.1 Å². The van der Waals surface area contributed by atoms with E-state index in [1.165, 1.54) is 37.8 Å². The maximum atomic E-state index is 11.7. The van der Waals surface area contributed by atoms with Crippen LogP contribution in [0.3, 0.4) is 0 Å². The molecule has 6 heteroatoms. The number of benzene rings is 2. The van der Waals surface area contributed by atoms with Crippen molar-refractivity contribution in [2.75, 3.05) is 27.4 Å². The van der Waals surface area contributed by atoms with E-state index in [1.807, 2.05) is 48.5 Å². The van der Waals surface area contributed by atoms with Crippen molar-refractivity contribution in [2.24, 2.45) is 11.8 Å². The molecule has 0 aliphatic heterocycles. The molecule has 0 spiro atoms. The van der Waals surface area contributed by atoms with E-state index < -0.39 is 0 Å². The van der Waals surface area contributed by atoms with Crippen LogP contribution in [0.5, 0.6) is 11.5 Å². The van der Waals surface area contributed by atoms with Crippen LogP contribution < -0.4 is 9.47 Å². The third-order valence-corrected chi connectivity index (χ3v) is 7.06. The van der Waals surface area contributed by atoms with Crippen LogP contribution in [-0.2, 0) is 19.1 Å². The van der Waals surface area contributed by atoms with Crippen LogP contribution in [0.4, 0.5) is 0 Å². The largest absolute Gasteiger partial charge is 0.497 e. The fraction of sp³-hybridized carbons (Fsp3) is 0.500. The molecule has 6 nitrogen and oxygen atoms in total. The molecule has 0 fully saturated rings. The predicted molar refractivity (Wildman–Crippen MR) is 173 cm³/mol. The van der Waals surface area contributed by atoms with E-state index >= 15 is 0 Å². The van der Waals surface area contributed by atoms with E-state index in [4.69, 9.17) is 18.9 Å². The molecule has 0 saturated carbocycles. The highest BCUT2D eigenvalue weighted by molar-refractivity contribution is 5.87. The molecule has 2 unspecified atom stereocenters. The average Bonchev–Trinajstić information content (AvgIpc) is 3.03. The maximum Gasteiger partial charge on any atom is 0.330 e. The molecular formula is C36H52O6. The fourth-order valence-corrected chi connectivity index (χ4v) is 4.05. The normalized spacial score (nSPS) is 12.3. The second kappa shape index (κ2) is 23.1. The van der Waals surface area contributed by atoms with Gasteiger partial charge in [0.15, 0.2) is 0 Å². The summed E-state index contributed by atoms with van der Waals surface area (Å²) in [5, 5.41) is 0. The van der Waals surface area contributed by atoms with Gasteiger partial charge in [0, 0.05) is 12.2 Å². The van der Waals surface area contributed by atoms with E-state index in [2.05, 4.69) is 27.7 Å². The zero-order valence-electron chi connectivity index (χ0n) is 26.6. The Morgan fingerprint density at radius 2 is 0.976 bits per heavy atom. The van der Waals surface area contributed by atoms with Gasteiger partial charge in [0.2, 0.25) is 0 Å². The number of carbonyl (C=O) groups is 2. The lowest BCUT2D eigenvalue weighted by Gasteiger charge is -2.13. The summed E-state index contributed by atoms with van der Waals surface area (Å²) in [6.07, 6.45) is 15.6. The van der Waals surface area contributed by atoms with E-state index in [1.54, 1.807) is 26.4 Å². The molecule has 0 aliphatic carbocycles. The number of rotatable bonds is 18. The number of hydrogen-bond donors (Lipinski definition) is 0. The Bertz CT molecular complexity index is 954. The van der Waals surface area contributed by atoms with Crippen LogP contribution in [0, 0.1) is 11.8 Å². The number of hydrogen-bond acceptors (Lipinski definition) is 6. The smallest absolute Gasteiger partial charge is 0.330 e. The summed E-state index contributed by atoms with van der Waals surface area (Å²) in [6, 6.07) is 15.1. The van der Waals surface area contributed by atoms with Gasteiger partial charge in [-0.05, 0) is 72.2 Å². The SMILES string of the molecule is CCCCC(CC)COC(=O)/C=C/c1ccc(OC)cc1.CCCCC(CC)COC(=O)/C=C/c1ccc(OC)cc1. The topological polar surface area (TPSA) is 71.1 Å². The lowest BCUT2D eigenvalue weighted by atomic mass is 10.0. The monoisotopic (exact) mass is 580 g/mol. The van der Waals surface area contributed by atoms with Crippen molar-refractivity contribution in [3.05, 3.63) is 71.8 Å². The first kappa shape index (κ1) is 36.5. The van der Waals surface area contributed by atoms with E-state index in [9.17, 15) is 9.59 Å². The highest BCUT2D eigenvalue weighted by Crippen LogP contribution is 2.16. The molecule has 0 bridgehead atoms. The van der Waals surface area contributed by atoms with Crippen molar-refractivity contribution in [1.29, 1.82) is 0 Å². The quantitative estimate of drug-likeness (QED) is 0.129. The minimum Gasteiger partial charge on any atom is -0.497 e. The van der Waals surface area contributed by atoms with E-state index in [-0.39, 0.29) is 11.9 Å². The fourth-order valence-electron chi connectivity index (χ4n) is 4.05. The molecule has 2 aromatic carbocycles. The highest BCUT2D eigenvalue weighted by atomic mass is 16.5. The second-order valence-electron chi connectivity index (χ2n) is 10.3. The molecule has 0 amide bonds. The average molecular weight is 581 g/mol. The van der Waals surface area contributed by atoms with Gasteiger partial charge in [-0.2, -0.15) is 0 Å². The first-order valence-electron chi connectivity index (χ1n) is 15.4. The van der Waals surface area contributed by atoms with Gasteiger partial charge in [0.1, 0.15) is 11.5 Å². The van der Waals surface area contributed by atoms with Gasteiger partial charge in [0.05, 0.1) is 27.4 Å². The lowest BCUT2D eigenvalue weighted by molar-refractivity contribution is -0.140. The summed E-state index contributed by atoms with van der Waals surface area (Å²) in [7, 11) is 3.26. The minimum atomic E-state index is -0.277. The van der Waals surface area contributed by atoms with Gasteiger partial charge in [0.25, 0.3) is 0 Å². The Hall–Kier alpha value is -3.54. The van der Waals surface area contributed by atoms with Crippen LogP contribution in [0.15, 0.2) is 60.7 Å². The van der Waals surface area contributed by atoms with E-state index in [0.29, 0.717) is 25.0 Å². The van der Waals surface area contributed by atoms with Crippen LogP contribution in [0.25, 0.3) is 12.2 Å². The molecule has 0 heterocycles. The van der Waals surface area contributed by atoms with Crippen LogP contribution in [0.1, 0.15) is 90.2 Å². The van der Waals surface area contributed by atoms with Gasteiger partial charge in [-0.15, -0.1) is 0 Å². The third-order valence-electron chi connectivity index (χ3n) is 7.06. The first-order chi connectivity index (χ1) is 20.4. The molecule has 0 radical (unpaired) electrons. The third kappa shape index (κ3) is 16.7.